The zero-order chi connectivity index (χ0) is 12.6. The predicted octanol–water partition coefficient (Wildman–Crippen LogP) is 0.921. The lowest BCUT2D eigenvalue weighted by molar-refractivity contribution is -0.140. The van der Waals surface area contributed by atoms with E-state index in [1.54, 1.807) is 0 Å². The molecule has 0 aromatic rings. The number of hydrogen-bond acceptors (Lipinski definition) is 3. The summed E-state index contributed by atoms with van der Waals surface area (Å²) in [5.41, 5.74) is 5.95. The first-order valence-electron chi connectivity index (χ1n) is 6.28. The van der Waals surface area contributed by atoms with Crippen molar-refractivity contribution in [3.05, 3.63) is 12.2 Å². The molecule has 0 aromatic heterocycles. The highest BCUT2D eigenvalue weighted by Crippen LogP contribution is 2.35. The summed E-state index contributed by atoms with van der Waals surface area (Å²) in [5, 5.41) is 0. The lowest BCUT2D eigenvalue weighted by Crippen LogP contribution is -2.43. The van der Waals surface area contributed by atoms with E-state index in [4.69, 9.17) is 5.73 Å². The maximum Gasteiger partial charge on any atom is 0.233 e. The number of amides is 2. The largest absolute Gasteiger partial charge is 0.326 e. The first-order chi connectivity index (χ1) is 8.02. The summed E-state index contributed by atoms with van der Waals surface area (Å²) in [5.74, 6) is -0.0454. The minimum Gasteiger partial charge on any atom is -0.326 e. The van der Waals surface area contributed by atoms with Gasteiger partial charge in [-0.15, -0.1) is 0 Å². The van der Waals surface area contributed by atoms with Crippen molar-refractivity contribution in [3.63, 3.8) is 0 Å². The second-order valence-corrected chi connectivity index (χ2v) is 5.35. The first-order valence-corrected chi connectivity index (χ1v) is 6.28. The van der Waals surface area contributed by atoms with Gasteiger partial charge in [-0.1, -0.05) is 26.0 Å². The van der Waals surface area contributed by atoms with E-state index in [9.17, 15) is 9.59 Å². The molecule has 1 unspecified atom stereocenters. The number of carbonyl (C=O) groups excluding carboxylic acids is 2. The molecule has 2 amide bonds. The van der Waals surface area contributed by atoms with Crippen LogP contribution >= 0.6 is 0 Å². The third kappa shape index (κ3) is 2.14. The van der Waals surface area contributed by atoms with E-state index in [1.807, 2.05) is 26.0 Å². The van der Waals surface area contributed by atoms with Crippen molar-refractivity contribution in [1.82, 2.24) is 4.90 Å². The van der Waals surface area contributed by atoms with Crippen molar-refractivity contribution in [3.8, 4) is 0 Å². The maximum atomic E-state index is 12.1. The molecule has 2 aliphatic rings. The molecule has 1 aliphatic heterocycles. The number of fused-ring (bicyclic) bond motifs is 1. The minimum absolute atomic E-state index is 0.0274. The Bertz CT molecular complexity index is 336. The van der Waals surface area contributed by atoms with Gasteiger partial charge in [-0.25, -0.2) is 0 Å². The lowest BCUT2D eigenvalue weighted by atomic mass is 9.85. The van der Waals surface area contributed by atoms with Crippen LogP contribution in [0.2, 0.25) is 0 Å². The number of nitrogens with zero attached hydrogens (tertiary/aromatic N) is 1. The Kier molecular flexibility index (Phi) is 3.33. The van der Waals surface area contributed by atoms with E-state index >= 15 is 0 Å². The van der Waals surface area contributed by atoms with Crippen molar-refractivity contribution in [2.24, 2.45) is 23.5 Å². The molecule has 0 bridgehead atoms. The van der Waals surface area contributed by atoms with Gasteiger partial charge >= 0.3 is 0 Å². The van der Waals surface area contributed by atoms with Crippen molar-refractivity contribution in [2.75, 3.05) is 6.54 Å². The van der Waals surface area contributed by atoms with E-state index in [1.165, 1.54) is 4.90 Å². The summed E-state index contributed by atoms with van der Waals surface area (Å²) in [4.78, 5) is 25.6. The summed E-state index contributed by atoms with van der Waals surface area (Å²) in [6.07, 6.45) is 5.39. The molecule has 0 spiro atoms. The topological polar surface area (TPSA) is 63.4 Å². The highest BCUT2D eigenvalue weighted by molar-refractivity contribution is 6.05. The van der Waals surface area contributed by atoms with Crippen LogP contribution in [-0.2, 0) is 9.59 Å². The number of rotatable bonds is 3. The molecule has 1 fully saturated rings. The minimum atomic E-state index is -0.133. The molecule has 2 rings (SSSR count). The normalized spacial score (nSPS) is 30.0. The van der Waals surface area contributed by atoms with E-state index in [0.717, 1.165) is 0 Å². The number of imide groups is 1. The van der Waals surface area contributed by atoms with Crippen molar-refractivity contribution in [1.29, 1.82) is 0 Å². The second-order valence-electron chi connectivity index (χ2n) is 5.35. The van der Waals surface area contributed by atoms with Crippen LogP contribution in [0.1, 0.15) is 26.7 Å². The van der Waals surface area contributed by atoms with Crippen LogP contribution in [0, 0.1) is 17.8 Å². The Morgan fingerprint density at radius 2 is 1.71 bits per heavy atom. The fraction of sp³-hybridized carbons (Fsp3) is 0.692. The van der Waals surface area contributed by atoms with Gasteiger partial charge in [0.2, 0.25) is 11.8 Å². The van der Waals surface area contributed by atoms with Crippen LogP contribution < -0.4 is 5.73 Å². The zero-order valence-corrected chi connectivity index (χ0v) is 10.4. The Hall–Kier alpha value is -1.16. The summed E-state index contributed by atoms with van der Waals surface area (Å²) >= 11 is 0. The maximum absolute atomic E-state index is 12.1. The van der Waals surface area contributed by atoms with Gasteiger partial charge in [0, 0.05) is 12.6 Å². The third-order valence-electron chi connectivity index (χ3n) is 3.85. The number of allylic oxidation sites excluding steroid dienone is 2. The van der Waals surface area contributed by atoms with E-state index in [-0.39, 0.29) is 35.6 Å². The number of likely N-dealkylation sites (tertiary alicyclic amines) is 1. The van der Waals surface area contributed by atoms with Gasteiger partial charge in [-0.3, -0.25) is 14.5 Å². The highest BCUT2D eigenvalue weighted by atomic mass is 16.2. The molecule has 3 atom stereocenters. The fourth-order valence-electron chi connectivity index (χ4n) is 2.47. The average Bonchev–Trinajstić information content (AvgIpc) is 2.55. The average molecular weight is 236 g/mol. The van der Waals surface area contributed by atoms with Gasteiger partial charge in [-0.2, -0.15) is 0 Å². The van der Waals surface area contributed by atoms with Crippen LogP contribution in [0.4, 0.5) is 0 Å². The first kappa shape index (κ1) is 12.3. The van der Waals surface area contributed by atoms with Crippen molar-refractivity contribution < 1.29 is 9.59 Å². The van der Waals surface area contributed by atoms with Crippen LogP contribution in [0.15, 0.2) is 12.2 Å². The van der Waals surface area contributed by atoms with E-state index in [2.05, 4.69) is 0 Å². The van der Waals surface area contributed by atoms with Gasteiger partial charge in [0.25, 0.3) is 0 Å². The van der Waals surface area contributed by atoms with Gasteiger partial charge in [0.15, 0.2) is 0 Å². The molecule has 17 heavy (non-hydrogen) atoms. The molecule has 1 saturated heterocycles. The molecule has 1 heterocycles. The molecule has 94 valence electrons. The van der Waals surface area contributed by atoms with Crippen molar-refractivity contribution in [2.45, 2.75) is 32.7 Å². The summed E-state index contributed by atoms with van der Waals surface area (Å²) in [7, 11) is 0. The van der Waals surface area contributed by atoms with Crippen LogP contribution in [0.3, 0.4) is 0 Å². The van der Waals surface area contributed by atoms with Gasteiger partial charge < -0.3 is 5.73 Å². The lowest BCUT2D eigenvalue weighted by Gasteiger charge is -2.22. The van der Waals surface area contributed by atoms with Crippen LogP contribution in [-0.4, -0.2) is 29.3 Å². The third-order valence-corrected chi connectivity index (χ3v) is 3.85. The molecule has 0 radical (unpaired) electrons. The predicted molar refractivity (Wildman–Crippen MR) is 64.9 cm³/mol. The Morgan fingerprint density at radius 1 is 1.24 bits per heavy atom. The molecule has 1 aliphatic carbocycles. The standard InChI is InChI=1S/C13H20N2O2/c1-8(2)11(14)7-15-12(16)9-5-3-4-6-10(9)13(15)17/h3-4,8-11H,5-7,14H2,1-2H3/t9-,10+,11?. The SMILES string of the molecule is CC(C)C(N)CN1C(=O)[C@H]2CC=CC[C@H]2C1=O. The van der Waals surface area contributed by atoms with Gasteiger partial charge in [-0.05, 0) is 18.8 Å². The molecule has 2 N–H and O–H groups in total. The number of carbonyl (C=O) groups is 2. The molecular formula is C13H20N2O2. The van der Waals surface area contributed by atoms with Crippen molar-refractivity contribution >= 4 is 11.8 Å². The Balaban J connectivity index is 2.10. The second kappa shape index (κ2) is 4.61. The monoisotopic (exact) mass is 236 g/mol. The highest BCUT2D eigenvalue weighted by Gasteiger charge is 2.47. The summed E-state index contributed by atoms with van der Waals surface area (Å²) < 4.78 is 0. The Morgan fingerprint density at radius 3 is 2.12 bits per heavy atom. The molecule has 0 saturated carbocycles. The zero-order valence-electron chi connectivity index (χ0n) is 10.4. The molecule has 4 heteroatoms. The smallest absolute Gasteiger partial charge is 0.233 e. The van der Waals surface area contributed by atoms with Crippen LogP contribution in [0.25, 0.3) is 0 Å². The molecule has 0 aromatic carbocycles. The molecule has 4 nitrogen and oxygen atoms in total. The summed E-state index contributed by atoms with van der Waals surface area (Å²) in [6, 6.07) is -0.129. The Labute approximate surface area is 102 Å². The summed E-state index contributed by atoms with van der Waals surface area (Å²) in [6.45, 7) is 4.37. The van der Waals surface area contributed by atoms with E-state index in [0.29, 0.717) is 19.4 Å². The number of nitrogens with two attached hydrogens (primary N) is 1. The van der Waals surface area contributed by atoms with Gasteiger partial charge in [0.05, 0.1) is 11.8 Å². The fourth-order valence-corrected chi connectivity index (χ4v) is 2.47. The molecular weight excluding hydrogens is 216 g/mol. The van der Waals surface area contributed by atoms with E-state index < -0.39 is 0 Å². The number of hydrogen-bond donors (Lipinski definition) is 1. The quantitative estimate of drug-likeness (QED) is 0.585. The van der Waals surface area contributed by atoms with Gasteiger partial charge in [0.1, 0.15) is 0 Å². The van der Waals surface area contributed by atoms with Crippen LogP contribution in [0.5, 0.6) is 0 Å².